The summed E-state index contributed by atoms with van der Waals surface area (Å²) in [4.78, 5) is 18.0. The van der Waals surface area contributed by atoms with E-state index in [1.54, 1.807) is 42.4 Å². The Kier molecular flexibility index (Phi) is 3.32. The number of hydrogen-bond donors (Lipinski definition) is 1. The van der Waals surface area contributed by atoms with E-state index in [4.69, 9.17) is 5.73 Å². The zero-order chi connectivity index (χ0) is 13.1. The Morgan fingerprint density at radius 2 is 2.28 bits per heavy atom. The molecule has 0 fully saturated rings. The van der Waals surface area contributed by atoms with Crippen LogP contribution in [0.1, 0.15) is 16.2 Å². The van der Waals surface area contributed by atoms with Gasteiger partial charge in [0.25, 0.3) is 5.91 Å². The summed E-state index contributed by atoms with van der Waals surface area (Å²) in [6, 6.07) is 6.97. The lowest BCUT2D eigenvalue weighted by Gasteiger charge is -2.17. The highest BCUT2D eigenvalue weighted by molar-refractivity contribution is 5.94. The standard InChI is InChI=1S/C13H16N4O/c1-16-7-6-15-12(16)9-17(2)13(18)10-4-3-5-11(14)8-10/h3-8H,9,14H2,1-2H3. The van der Waals surface area contributed by atoms with Crippen LogP contribution in [-0.2, 0) is 13.6 Å². The van der Waals surface area contributed by atoms with Crippen molar-refractivity contribution >= 4 is 11.6 Å². The highest BCUT2D eigenvalue weighted by Crippen LogP contribution is 2.10. The number of nitrogen functional groups attached to an aromatic ring is 1. The van der Waals surface area contributed by atoms with Gasteiger partial charge in [0.2, 0.25) is 0 Å². The maximum atomic E-state index is 12.2. The predicted octanol–water partition coefficient (Wildman–Crippen LogP) is 1.27. The second-order valence-electron chi connectivity index (χ2n) is 4.24. The molecule has 0 aliphatic carbocycles. The molecule has 2 aromatic rings. The molecule has 2 rings (SSSR count). The van der Waals surface area contributed by atoms with E-state index in [2.05, 4.69) is 4.98 Å². The summed E-state index contributed by atoms with van der Waals surface area (Å²) in [5, 5.41) is 0. The number of carbonyl (C=O) groups excluding carboxylic acids is 1. The van der Waals surface area contributed by atoms with Gasteiger partial charge in [0.15, 0.2) is 0 Å². The predicted molar refractivity (Wildman–Crippen MR) is 69.9 cm³/mol. The SMILES string of the molecule is CN(Cc1nccn1C)C(=O)c1cccc(N)c1. The van der Waals surface area contributed by atoms with E-state index in [9.17, 15) is 4.79 Å². The van der Waals surface area contributed by atoms with Gasteiger partial charge in [-0.25, -0.2) is 4.98 Å². The van der Waals surface area contributed by atoms with Crippen molar-refractivity contribution in [2.45, 2.75) is 6.54 Å². The minimum absolute atomic E-state index is 0.0645. The summed E-state index contributed by atoms with van der Waals surface area (Å²) in [5.74, 6) is 0.778. The number of nitrogens with zero attached hydrogens (tertiary/aromatic N) is 3. The van der Waals surface area contributed by atoms with Gasteiger partial charge in [-0.15, -0.1) is 0 Å². The Morgan fingerprint density at radius 3 is 2.89 bits per heavy atom. The van der Waals surface area contributed by atoms with Gasteiger partial charge in [0.05, 0.1) is 6.54 Å². The Bertz CT molecular complexity index is 562. The van der Waals surface area contributed by atoms with Crippen molar-refractivity contribution in [2.24, 2.45) is 7.05 Å². The number of anilines is 1. The molecule has 2 N–H and O–H groups in total. The fraction of sp³-hybridized carbons (Fsp3) is 0.231. The van der Waals surface area contributed by atoms with E-state index in [1.165, 1.54) is 0 Å². The number of aromatic nitrogens is 2. The van der Waals surface area contributed by atoms with Gasteiger partial charge < -0.3 is 15.2 Å². The van der Waals surface area contributed by atoms with Crippen LogP contribution >= 0.6 is 0 Å². The van der Waals surface area contributed by atoms with Crippen molar-refractivity contribution in [1.29, 1.82) is 0 Å². The number of imidazole rings is 1. The van der Waals surface area contributed by atoms with Crippen LogP contribution in [0.4, 0.5) is 5.69 Å². The topological polar surface area (TPSA) is 64.2 Å². The molecule has 5 nitrogen and oxygen atoms in total. The molecule has 0 aliphatic heterocycles. The first-order valence-electron chi connectivity index (χ1n) is 5.65. The minimum atomic E-state index is -0.0645. The van der Waals surface area contributed by atoms with Crippen LogP contribution in [0.5, 0.6) is 0 Å². The molecule has 18 heavy (non-hydrogen) atoms. The summed E-state index contributed by atoms with van der Waals surface area (Å²) in [6.07, 6.45) is 3.57. The Hall–Kier alpha value is -2.30. The summed E-state index contributed by atoms with van der Waals surface area (Å²) >= 11 is 0. The molecule has 0 bridgehead atoms. The number of carbonyl (C=O) groups is 1. The first-order chi connectivity index (χ1) is 8.58. The van der Waals surface area contributed by atoms with Gasteiger partial charge in [0, 0.05) is 37.7 Å². The number of amides is 1. The number of benzene rings is 1. The fourth-order valence-electron chi connectivity index (χ4n) is 1.72. The second kappa shape index (κ2) is 4.91. The average molecular weight is 244 g/mol. The number of aryl methyl sites for hydroxylation is 1. The molecular formula is C13H16N4O. The van der Waals surface area contributed by atoms with E-state index in [0.29, 0.717) is 17.8 Å². The van der Waals surface area contributed by atoms with Crippen molar-refractivity contribution in [2.75, 3.05) is 12.8 Å². The lowest BCUT2D eigenvalue weighted by atomic mass is 10.2. The van der Waals surface area contributed by atoms with Crippen molar-refractivity contribution in [1.82, 2.24) is 14.5 Å². The maximum Gasteiger partial charge on any atom is 0.254 e. The first-order valence-corrected chi connectivity index (χ1v) is 5.65. The molecule has 0 aliphatic rings. The Labute approximate surface area is 106 Å². The van der Waals surface area contributed by atoms with Gasteiger partial charge in [0.1, 0.15) is 5.82 Å². The zero-order valence-electron chi connectivity index (χ0n) is 10.5. The minimum Gasteiger partial charge on any atom is -0.399 e. The van der Waals surface area contributed by atoms with Gasteiger partial charge in [-0.1, -0.05) is 6.07 Å². The van der Waals surface area contributed by atoms with Crippen LogP contribution in [0.25, 0.3) is 0 Å². The highest BCUT2D eigenvalue weighted by atomic mass is 16.2. The van der Waals surface area contributed by atoms with Crippen LogP contribution in [0.2, 0.25) is 0 Å². The zero-order valence-corrected chi connectivity index (χ0v) is 10.5. The number of nitrogens with two attached hydrogens (primary N) is 1. The van der Waals surface area contributed by atoms with Crippen LogP contribution in [0, 0.1) is 0 Å². The van der Waals surface area contributed by atoms with Crippen LogP contribution in [0.15, 0.2) is 36.7 Å². The molecule has 94 valence electrons. The summed E-state index contributed by atoms with van der Waals surface area (Å²) in [6.45, 7) is 0.469. The van der Waals surface area contributed by atoms with Gasteiger partial charge in [-0.3, -0.25) is 4.79 Å². The third kappa shape index (κ3) is 2.51. The quantitative estimate of drug-likeness (QED) is 0.827. The lowest BCUT2D eigenvalue weighted by Crippen LogP contribution is -2.27. The normalized spacial score (nSPS) is 10.3. The van der Waals surface area contributed by atoms with Crippen LogP contribution < -0.4 is 5.73 Å². The molecule has 5 heteroatoms. The molecule has 0 unspecified atom stereocenters. The smallest absolute Gasteiger partial charge is 0.254 e. The molecule has 0 saturated heterocycles. The van der Waals surface area contributed by atoms with Crippen LogP contribution in [-0.4, -0.2) is 27.4 Å². The van der Waals surface area contributed by atoms with Crippen molar-refractivity contribution in [3.8, 4) is 0 Å². The van der Waals surface area contributed by atoms with Crippen molar-refractivity contribution in [3.63, 3.8) is 0 Å². The fourth-order valence-corrected chi connectivity index (χ4v) is 1.72. The summed E-state index contributed by atoms with van der Waals surface area (Å²) in [5.41, 5.74) is 6.85. The first kappa shape index (κ1) is 12.2. The summed E-state index contributed by atoms with van der Waals surface area (Å²) < 4.78 is 1.89. The van der Waals surface area contributed by atoms with Crippen molar-refractivity contribution < 1.29 is 4.79 Å². The average Bonchev–Trinajstić information content (AvgIpc) is 2.74. The van der Waals surface area contributed by atoms with Gasteiger partial charge in [-0.2, -0.15) is 0 Å². The second-order valence-corrected chi connectivity index (χ2v) is 4.24. The molecule has 1 heterocycles. The molecular weight excluding hydrogens is 228 g/mol. The third-order valence-corrected chi connectivity index (χ3v) is 2.78. The lowest BCUT2D eigenvalue weighted by molar-refractivity contribution is 0.0780. The van der Waals surface area contributed by atoms with Gasteiger partial charge in [-0.05, 0) is 18.2 Å². The molecule has 0 atom stereocenters. The van der Waals surface area contributed by atoms with E-state index in [-0.39, 0.29) is 5.91 Å². The molecule has 0 saturated carbocycles. The van der Waals surface area contributed by atoms with Crippen LogP contribution in [0.3, 0.4) is 0 Å². The van der Waals surface area contributed by atoms with E-state index >= 15 is 0 Å². The largest absolute Gasteiger partial charge is 0.399 e. The van der Waals surface area contributed by atoms with Gasteiger partial charge >= 0.3 is 0 Å². The third-order valence-electron chi connectivity index (χ3n) is 2.78. The number of hydrogen-bond acceptors (Lipinski definition) is 3. The van der Waals surface area contributed by atoms with E-state index < -0.39 is 0 Å². The van der Waals surface area contributed by atoms with E-state index in [1.807, 2.05) is 17.8 Å². The number of rotatable bonds is 3. The molecule has 1 aromatic carbocycles. The summed E-state index contributed by atoms with van der Waals surface area (Å²) in [7, 11) is 3.65. The molecule has 1 amide bonds. The monoisotopic (exact) mass is 244 g/mol. The van der Waals surface area contributed by atoms with Crippen molar-refractivity contribution in [3.05, 3.63) is 48.0 Å². The Morgan fingerprint density at radius 1 is 1.50 bits per heavy atom. The highest BCUT2D eigenvalue weighted by Gasteiger charge is 2.13. The molecule has 0 radical (unpaired) electrons. The molecule has 1 aromatic heterocycles. The molecule has 0 spiro atoms. The maximum absolute atomic E-state index is 12.2. The Balaban J connectivity index is 2.12. The van der Waals surface area contributed by atoms with E-state index in [0.717, 1.165) is 5.82 Å².